The van der Waals surface area contributed by atoms with Gasteiger partial charge in [-0.05, 0) is 43.4 Å². The topological polar surface area (TPSA) is 21.3 Å². The summed E-state index contributed by atoms with van der Waals surface area (Å²) < 4.78 is 6.05. The summed E-state index contributed by atoms with van der Waals surface area (Å²) in [5.41, 5.74) is 1.37. The predicted octanol–water partition coefficient (Wildman–Crippen LogP) is 3.79. The van der Waals surface area contributed by atoms with Crippen LogP contribution in [0.5, 0.6) is 5.75 Å². The van der Waals surface area contributed by atoms with Crippen LogP contribution in [0.15, 0.2) is 24.3 Å². The lowest BCUT2D eigenvalue weighted by molar-refractivity contribution is 0.180. The maximum Gasteiger partial charge on any atom is 0.123 e. The molecule has 1 aromatic carbocycles. The molecule has 0 bridgehead atoms. The molecule has 0 radical (unpaired) electrons. The molecule has 1 aliphatic heterocycles. The second-order valence-electron chi connectivity index (χ2n) is 5.73. The molecule has 0 spiro atoms. The van der Waals surface area contributed by atoms with Crippen molar-refractivity contribution in [2.45, 2.75) is 58.6 Å². The molecule has 3 atom stereocenters. The van der Waals surface area contributed by atoms with E-state index in [1.165, 1.54) is 18.4 Å². The minimum Gasteiger partial charge on any atom is -0.490 e. The van der Waals surface area contributed by atoms with Gasteiger partial charge in [0.05, 0.1) is 0 Å². The second-order valence-corrected chi connectivity index (χ2v) is 5.73. The van der Waals surface area contributed by atoms with Gasteiger partial charge in [-0.2, -0.15) is 0 Å². The fraction of sp³-hybridized carbons (Fsp3) is 0.647. The van der Waals surface area contributed by atoms with Gasteiger partial charge in [0.1, 0.15) is 11.9 Å². The fourth-order valence-electron chi connectivity index (χ4n) is 3.04. The Hall–Kier alpha value is -1.02. The highest BCUT2D eigenvalue weighted by Gasteiger charge is 2.26. The standard InChI is InChI=1S/C17H27NO/c1-4-10-18-16(5-2)13(3)11-15-12-14-8-6-7-9-17(14)19-15/h6-9,13,15-16,18H,4-5,10-12H2,1-3H3. The summed E-state index contributed by atoms with van der Waals surface area (Å²) in [5.74, 6) is 1.75. The zero-order valence-electron chi connectivity index (χ0n) is 12.5. The van der Waals surface area contributed by atoms with Gasteiger partial charge in [-0.1, -0.05) is 39.0 Å². The molecule has 2 rings (SSSR count). The van der Waals surface area contributed by atoms with E-state index in [2.05, 4.69) is 50.4 Å². The summed E-state index contributed by atoms with van der Waals surface area (Å²) in [4.78, 5) is 0. The Kier molecular flexibility index (Phi) is 5.26. The van der Waals surface area contributed by atoms with Crippen LogP contribution in [-0.2, 0) is 6.42 Å². The van der Waals surface area contributed by atoms with E-state index in [1.54, 1.807) is 0 Å². The number of hydrogen-bond donors (Lipinski definition) is 1. The van der Waals surface area contributed by atoms with Gasteiger partial charge in [0, 0.05) is 12.5 Å². The molecule has 0 amide bonds. The van der Waals surface area contributed by atoms with Crippen LogP contribution in [0.1, 0.15) is 45.6 Å². The first-order chi connectivity index (χ1) is 9.24. The lowest BCUT2D eigenvalue weighted by Crippen LogP contribution is -2.37. The van der Waals surface area contributed by atoms with Crippen molar-refractivity contribution in [2.75, 3.05) is 6.54 Å². The molecule has 1 aromatic rings. The van der Waals surface area contributed by atoms with Crippen molar-refractivity contribution in [2.24, 2.45) is 5.92 Å². The van der Waals surface area contributed by atoms with Gasteiger partial charge in [-0.3, -0.25) is 0 Å². The summed E-state index contributed by atoms with van der Waals surface area (Å²) in [6.45, 7) is 7.97. The van der Waals surface area contributed by atoms with E-state index in [0.29, 0.717) is 18.1 Å². The number of ether oxygens (including phenoxy) is 1. The number of hydrogen-bond acceptors (Lipinski definition) is 2. The van der Waals surface area contributed by atoms with E-state index in [9.17, 15) is 0 Å². The first-order valence-corrected chi connectivity index (χ1v) is 7.72. The molecule has 2 heteroatoms. The average molecular weight is 261 g/mol. The maximum atomic E-state index is 6.05. The van der Waals surface area contributed by atoms with E-state index in [1.807, 2.05) is 0 Å². The molecular weight excluding hydrogens is 234 g/mol. The zero-order chi connectivity index (χ0) is 13.7. The van der Waals surface area contributed by atoms with Crippen molar-refractivity contribution in [3.05, 3.63) is 29.8 Å². The Morgan fingerprint density at radius 1 is 1.32 bits per heavy atom. The largest absolute Gasteiger partial charge is 0.490 e. The molecule has 19 heavy (non-hydrogen) atoms. The lowest BCUT2D eigenvalue weighted by atomic mass is 9.92. The number of fused-ring (bicyclic) bond motifs is 1. The lowest BCUT2D eigenvalue weighted by Gasteiger charge is -2.26. The van der Waals surface area contributed by atoms with Crippen molar-refractivity contribution in [1.82, 2.24) is 5.32 Å². The molecule has 0 saturated heterocycles. The van der Waals surface area contributed by atoms with Gasteiger partial charge in [0.15, 0.2) is 0 Å². The van der Waals surface area contributed by atoms with Gasteiger partial charge in [0.25, 0.3) is 0 Å². The van der Waals surface area contributed by atoms with Crippen molar-refractivity contribution in [3.63, 3.8) is 0 Å². The molecule has 0 fully saturated rings. The average Bonchev–Trinajstić information content (AvgIpc) is 2.81. The highest BCUT2D eigenvalue weighted by molar-refractivity contribution is 5.37. The van der Waals surface area contributed by atoms with Crippen LogP contribution in [0.3, 0.4) is 0 Å². The van der Waals surface area contributed by atoms with Crippen molar-refractivity contribution in [3.8, 4) is 5.75 Å². The smallest absolute Gasteiger partial charge is 0.123 e. The summed E-state index contributed by atoms with van der Waals surface area (Å²) in [7, 11) is 0. The van der Waals surface area contributed by atoms with Crippen LogP contribution >= 0.6 is 0 Å². The first-order valence-electron chi connectivity index (χ1n) is 7.72. The third-order valence-electron chi connectivity index (χ3n) is 4.13. The van der Waals surface area contributed by atoms with E-state index >= 15 is 0 Å². The predicted molar refractivity (Wildman–Crippen MR) is 80.7 cm³/mol. The maximum absolute atomic E-state index is 6.05. The molecule has 1 heterocycles. The Morgan fingerprint density at radius 2 is 2.11 bits per heavy atom. The number of benzene rings is 1. The van der Waals surface area contributed by atoms with Crippen LogP contribution in [-0.4, -0.2) is 18.7 Å². The van der Waals surface area contributed by atoms with E-state index in [-0.39, 0.29) is 0 Å². The molecule has 2 nitrogen and oxygen atoms in total. The minimum absolute atomic E-state index is 0.366. The summed E-state index contributed by atoms with van der Waals surface area (Å²) >= 11 is 0. The SMILES string of the molecule is CCCNC(CC)C(C)CC1Cc2ccccc2O1. The highest BCUT2D eigenvalue weighted by Crippen LogP contribution is 2.31. The van der Waals surface area contributed by atoms with Gasteiger partial charge in [0.2, 0.25) is 0 Å². The third kappa shape index (κ3) is 3.73. The summed E-state index contributed by atoms with van der Waals surface area (Å²) in [5, 5.41) is 3.66. The van der Waals surface area contributed by atoms with Gasteiger partial charge < -0.3 is 10.1 Å². The number of nitrogens with one attached hydrogen (secondary N) is 1. The van der Waals surface area contributed by atoms with Crippen LogP contribution in [0.4, 0.5) is 0 Å². The summed E-state index contributed by atoms with van der Waals surface area (Å²) in [6, 6.07) is 9.06. The quantitative estimate of drug-likeness (QED) is 0.806. The van der Waals surface area contributed by atoms with Gasteiger partial charge >= 0.3 is 0 Å². The zero-order valence-corrected chi connectivity index (χ0v) is 12.5. The fourth-order valence-corrected chi connectivity index (χ4v) is 3.04. The van der Waals surface area contributed by atoms with Gasteiger partial charge in [-0.25, -0.2) is 0 Å². The normalized spacial score (nSPS) is 20.7. The van der Waals surface area contributed by atoms with Crippen molar-refractivity contribution < 1.29 is 4.74 Å². The van der Waals surface area contributed by atoms with Crippen LogP contribution in [0, 0.1) is 5.92 Å². The third-order valence-corrected chi connectivity index (χ3v) is 4.13. The molecule has 0 aliphatic carbocycles. The van der Waals surface area contributed by atoms with Crippen LogP contribution < -0.4 is 10.1 Å². The molecule has 3 unspecified atom stereocenters. The van der Waals surface area contributed by atoms with Crippen molar-refractivity contribution in [1.29, 1.82) is 0 Å². The Morgan fingerprint density at radius 3 is 2.79 bits per heavy atom. The molecule has 0 saturated carbocycles. The molecule has 106 valence electrons. The number of para-hydroxylation sites is 1. The van der Waals surface area contributed by atoms with E-state index in [4.69, 9.17) is 4.74 Å². The summed E-state index contributed by atoms with van der Waals surface area (Å²) in [6.07, 6.45) is 4.98. The van der Waals surface area contributed by atoms with E-state index < -0.39 is 0 Å². The van der Waals surface area contributed by atoms with Crippen LogP contribution in [0.25, 0.3) is 0 Å². The monoisotopic (exact) mass is 261 g/mol. The van der Waals surface area contributed by atoms with Crippen LogP contribution in [0.2, 0.25) is 0 Å². The Labute approximate surface area is 117 Å². The molecule has 1 aliphatic rings. The molecular formula is C17H27NO. The molecule has 0 aromatic heterocycles. The second kappa shape index (κ2) is 6.95. The van der Waals surface area contributed by atoms with E-state index in [0.717, 1.165) is 25.1 Å². The Balaban J connectivity index is 1.85. The van der Waals surface area contributed by atoms with Crippen molar-refractivity contribution >= 4 is 0 Å². The number of rotatable bonds is 7. The first kappa shape index (κ1) is 14.4. The molecule has 1 N–H and O–H groups in total. The highest BCUT2D eigenvalue weighted by atomic mass is 16.5. The van der Waals surface area contributed by atoms with Gasteiger partial charge in [-0.15, -0.1) is 0 Å². The minimum atomic E-state index is 0.366. The Bertz CT molecular complexity index is 366.